The molecule has 1 aliphatic heterocycles. The number of para-hydroxylation sites is 1. The van der Waals surface area contributed by atoms with E-state index in [1.165, 1.54) is 12.1 Å². The Bertz CT molecular complexity index is 734. The fourth-order valence-corrected chi connectivity index (χ4v) is 2.81. The highest BCUT2D eigenvalue weighted by Crippen LogP contribution is 2.27. The van der Waals surface area contributed by atoms with Gasteiger partial charge in [0, 0.05) is 32.0 Å². The molecule has 23 heavy (non-hydrogen) atoms. The molecular weight excluding hydrogens is 298 g/mol. The maximum absolute atomic E-state index is 13.6. The van der Waals surface area contributed by atoms with Crippen LogP contribution in [0.2, 0.25) is 0 Å². The van der Waals surface area contributed by atoms with E-state index in [0.717, 1.165) is 37.7 Å². The number of rotatable bonds is 3. The lowest BCUT2D eigenvalue weighted by atomic mass is 10.1. The Hall–Kier alpha value is -2.61. The molecule has 1 fully saturated rings. The Morgan fingerprint density at radius 3 is 2.52 bits per heavy atom. The van der Waals surface area contributed by atoms with Crippen molar-refractivity contribution in [1.82, 2.24) is 0 Å². The van der Waals surface area contributed by atoms with Crippen LogP contribution in [0.4, 0.5) is 14.5 Å². The maximum Gasteiger partial charge on any atom is 0.167 e. The van der Waals surface area contributed by atoms with Crippen molar-refractivity contribution in [1.29, 1.82) is 5.26 Å². The third-order valence-corrected chi connectivity index (χ3v) is 3.99. The minimum absolute atomic E-state index is 0.0854. The zero-order valence-corrected chi connectivity index (χ0v) is 12.5. The summed E-state index contributed by atoms with van der Waals surface area (Å²) in [4.78, 5) is 2.14. The van der Waals surface area contributed by atoms with Crippen LogP contribution in [0.5, 0.6) is 5.75 Å². The lowest BCUT2D eigenvalue weighted by Gasteiger charge is -2.34. The number of nitrogens with zero attached hydrogens (tertiary/aromatic N) is 2. The van der Waals surface area contributed by atoms with Crippen molar-refractivity contribution in [2.24, 2.45) is 0 Å². The van der Waals surface area contributed by atoms with Crippen LogP contribution in [-0.2, 0) is 0 Å². The van der Waals surface area contributed by atoms with Crippen LogP contribution in [0.1, 0.15) is 18.4 Å². The Labute approximate surface area is 133 Å². The Morgan fingerprint density at radius 1 is 1.09 bits per heavy atom. The highest BCUT2D eigenvalue weighted by atomic mass is 19.1. The van der Waals surface area contributed by atoms with Crippen LogP contribution in [0.3, 0.4) is 0 Å². The van der Waals surface area contributed by atoms with E-state index in [0.29, 0.717) is 5.56 Å². The van der Waals surface area contributed by atoms with Crippen molar-refractivity contribution in [3.8, 4) is 11.8 Å². The zero-order valence-electron chi connectivity index (χ0n) is 12.5. The normalized spacial score (nSPS) is 15.3. The van der Waals surface area contributed by atoms with Gasteiger partial charge in [-0.05, 0) is 24.3 Å². The van der Waals surface area contributed by atoms with Crippen molar-refractivity contribution in [3.63, 3.8) is 0 Å². The van der Waals surface area contributed by atoms with Gasteiger partial charge in [0.25, 0.3) is 0 Å². The molecule has 2 aromatic rings. The van der Waals surface area contributed by atoms with E-state index >= 15 is 0 Å². The molecule has 118 valence electrons. The van der Waals surface area contributed by atoms with Gasteiger partial charge in [-0.2, -0.15) is 5.26 Å². The van der Waals surface area contributed by atoms with Gasteiger partial charge in [-0.1, -0.05) is 12.1 Å². The first-order valence-electron chi connectivity index (χ1n) is 7.53. The minimum atomic E-state index is -0.678. The van der Waals surface area contributed by atoms with E-state index in [-0.39, 0.29) is 11.9 Å². The average Bonchev–Trinajstić information content (AvgIpc) is 2.58. The molecule has 3 nitrogen and oxygen atoms in total. The summed E-state index contributed by atoms with van der Waals surface area (Å²) < 4.78 is 32.2. The maximum atomic E-state index is 13.6. The van der Waals surface area contributed by atoms with Gasteiger partial charge in [-0.25, -0.2) is 8.78 Å². The van der Waals surface area contributed by atoms with E-state index in [1.807, 2.05) is 18.2 Å². The highest BCUT2D eigenvalue weighted by Gasteiger charge is 2.23. The van der Waals surface area contributed by atoms with Gasteiger partial charge in [0.2, 0.25) is 0 Å². The Balaban J connectivity index is 1.63. The van der Waals surface area contributed by atoms with E-state index < -0.39 is 11.6 Å². The molecule has 1 saturated heterocycles. The molecule has 0 aliphatic carbocycles. The van der Waals surface area contributed by atoms with E-state index in [1.54, 1.807) is 6.07 Å². The second-order valence-corrected chi connectivity index (χ2v) is 5.51. The molecule has 0 aromatic heterocycles. The van der Waals surface area contributed by atoms with Crippen molar-refractivity contribution in [3.05, 3.63) is 59.7 Å². The molecule has 1 heterocycles. The number of hydrogen-bond acceptors (Lipinski definition) is 3. The number of halogens is 2. The van der Waals surface area contributed by atoms with Gasteiger partial charge >= 0.3 is 0 Å². The number of hydrogen-bond donors (Lipinski definition) is 0. The topological polar surface area (TPSA) is 36.3 Å². The number of piperidine rings is 1. The molecule has 0 atom stereocenters. The van der Waals surface area contributed by atoms with Crippen molar-refractivity contribution >= 4 is 5.69 Å². The van der Waals surface area contributed by atoms with Crippen LogP contribution in [0, 0.1) is 23.0 Å². The fraction of sp³-hybridized carbons (Fsp3) is 0.278. The summed E-state index contributed by atoms with van der Waals surface area (Å²) in [7, 11) is 0. The number of ether oxygens (including phenoxy) is 1. The van der Waals surface area contributed by atoms with Crippen LogP contribution in [0.15, 0.2) is 42.5 Å². The first-order chi connectivity index (χ1) is 11.2. The third-order valence-electron chi connectivity index (χ3n) is 3.99. The van der Waals surface area contributed by atoms with Gasteiger partial charge in [0.15, 0.2) is 11.6 Å². The SMILES string of the molecule is N#Cc1ccccc1N1CCC(Oc2ccc(F)cc2F)CC1. The summed E-state index contributed by atoms with van der Waals surface area (Å²) >= 11 is 0. The summed E-state index contributed by atoms with van der Waals surface area (Å²) in [5.74, 6) is -1.21. The Morgan fingerprint density at radius 2 is 1.83 bits per heavy atom. The van der Waals surface area contributed by atoms with Gasteiger partial charge in [0.1, 0.15) is 18.0 Å². The predicted octanol–water partition coefficient (Wildman–Crippen LogP) is 3.88. The largest absolute Gasteiger partial charge is 0.487 e. The van der Waals surface area contributed by atoms with Crippen LogP contribution < -0.4 is 9.64 Å². The summed E-state index contributed by atoms with van der Waals surface area (Å²) in [6, 6.07) is 13.0. The first kappa shape index (κ1) is 15.3. The quantitative estimate of drug-likeness (QED) is 0.862. The third kappa shape index (κ3) is 3.42. The molecule has 0 N–H and O–H groups in total. The second kappa shape index (κ2) is 6.66. The number of benzene rings is 2. The average molecular weight is 314 g/mol. The van der Waals surface area contributed by atoms with Crippen LogP contribution >= 0.6 is 0 Å². The molecular formula is C18H16F2N2O. The van der Waals surface area contributed by atoms with Crippen molar-refractivity contribution in [2.75, 3.05) is 18.0 Å². The molecule has 0 spiro atoms. The van der Waals surface area contributed by atoms with Gasteiger partial charge in [-0.3, -0.25) is 0 Å². The summed E-state index contributed by atoms with van der Waals surface area (Å²) in [5.41, 5.74) is 1.57. The second-order valence-electron chi connectivity index (χ2n) is 5.51. The van der Waals surface area contributed by atoms with Gasteiger partial charge in [0.05, 0.1) is 11.3 Å². The molecule has 0 bridgehead atoms. The van der Waals surface area contributed by atoms with E-state index in [2.05, 4.69) is 11.0 Å². The smallest absolute Gasteiger partial charge is 0.167 e. The fourth-order valence-electron chi connectivity index (χ4n) is 2.81. The summed E-state index contributed by atoms with van der Waals surface area (Å²) in [5, 5.41) is 9.18. The molecule has 0 amide bonds. The Kier molecular flexibility index (Phi) is 4.42. The van der Waals surface area contributed by atoms with E-state index in [4.69, 9.17) is 4.74 Å². The summed E-state index contributed by atoms with van der Waals surface area (Å²) in [6.45, 7) is 1.46. The van der Waals surface area contributed by atoms with Crippen LogP contribution in [0.25, 0.3) is 0 Å². The number of nitriles is 1. The van der Waals surface area contributed by atoms with Crippen LogP contribution in [-0.4, -0.2) is 19.2 Å². The minimum Gasteiger partial charge on any atom is -0.487 e. The molecule has 1 aliphatic rings. The molecule has 0 saturated carbocycles. The molecule has 0 unspecified atom stereocenters. The van der Waals surface area contributed by atoms with Crippen molar-refractivity contribution < 1.29 is 13.5 Å². The standard InChI is InChI=1S/C18H16F2N2O/c19-14-5-6-18(16(20)11-14)23-15-7-9-22(10-8-15)17-4-2-1-3-13(17)12-21/h1-6,11,15H,7-10H2. The summed E-state index contributed by atoms with van der Waals surface area (Å²) in [6.07, 6.45) is 1.33. The monoisotopic (exact) mass is 314 g/mol. The predicted molar refractivity (Wildman–Crippen MR) is 83.4 cm³/mol. The molecule has 2 aromatic carbocycles. The zero-order chi connectivity index (χ0) is 16.2. The highest BCUT2D eigenvalue weighted by molar-refractivity contribution is 5.59. The van der Waals surface area contributed by atoms with Crippen molar-refractivity contribution in [2.45, 2.75) is 18.9 Å². The lowest BCUT2D eigenvalue weighted by Crippen LogP contribution is -2.38. The van der Waals surface area contributed by atoms with Gasteiger partial charge < -0.3 is 9.64 Å². The first-order valence-corrected chi connectivity index (χ1v) is 7.53. The van der Waals surface area contributed by atoms with E-state index in [9.17, 15) is 14.0 Å². The molecule has 0 radical (unpaired) electrons. The number of anilines is 1. The lowest BCUT2D eigenvalue weighted by molar-refractivity contribution is 0.163. The van der Waals surface area contributed by atoms with Gasteiger partial charge in [-0.15, -0.1) is 0 Å². The molecule has 3 rings (SSSR count). The molecule has 5 heteroatoms.